The van der Waals surface area contributed by atoms with E-state index in [0.29, 0.717) is 11.8 Å². The van der Waals surface area contributed by atoms with Gasteiger partial charge in [0.25, 0.3) is 0 Å². The molecule has 0 bridgehead atoms. The Kier molecular flexibility index (Phi) is 9.67. The highest BCUT2D eigenvalue weighted by molar-refractivity contribution is 5.93. The van der Waals surface area contributed by atoms with Crippen molar-refractivity contribution >= 4 is 29.4 Å². The van der Waals surface area contributed by atoms with E-state index in [0.717, 1.165) is 17.7 Å². The molecule has 0 aliphatic carbocycles. The minimum atomic E-state index is -1.04. The molecule has 3 rings (SSSR count). The number of hydrogen-bond acceptors (Lipinski definition) is 5. The summed E-state index contributed by atoms with van der Waals surface area (Å²) in [6.07, 6.45) is 0.317. The van der Waals surface area contributed by atoms with Gasteiger partial charge in [-0.1, -0.05) is 32.9 Å². The van der Waals surface area contributed by atoms with Crippen LogP contribution in [0.2, 0.25) is 0 Å². The lowest BCUT2D eigenvalue weighted by molar-refractivity contribution is -0.140. The first kappa shape index (κ1) is 30.3. The van der Waals surface area contributed by atoms with Gasteiger partial charge in [0.1, 0.15) is 29.5 Å². The van der Waals surface area contributed by atoms with E-state index >= 15 is 0 Å². The molecule has 1 heterocycles. The minimum Gasteiger partial charge on any atom is -0.497 e. The third kappa shape index (κ3) is 8.39. The smallest absolute Gasteiger partial charge is 0.319 e. The van der Waals surface area contributed by atoms with Crippen LogP contribution in [0.5, 0.6) is 5.75 Å². The summed E-state index contributed by atoms with van der Waals surface area (Å²) in [4.78, 5) is 52.7. The number of anilines is 1. The Morgan fingerprint density at radius 1 is 1.10 bits per heavy atom. The van der Waals surface area contributed by atoms with Crippen LogP contribution in [0.25, 0.3) is 0 Å². The monoisotopic (exact) mass is 559 g/mol. The fourth-order valence-corrected chi connectivity index (χ4v) is 4.44. The molecule has 0 aromatic heterocycles. The van der Waals surface area contributed by atoms with E-state index in [-0.39, 0.29) is 42.8 Å². The van der Waals surface area contributed by atoms with Crippen LogP contribution in [0.15, 0.2) is 42.5 Å². The molecule has 1 fully saturated rings. The van der Waals surface area contributed by atoms with Gasteiger partial charge in [0.2, 0.25) is 17.7 Å². The predicted molar refractivity (Wildman–Crippen MR) is 144 cm³/mol. The van der Waals surface area contributed by atoms with Crippen LogP contribution in [-0.4, -0.2) is 60.4 Å². The number of methoxy groups -OCH3 is 1. The number of carbonyl (C=O) groups excluding carboxylic acids is 4. The van der Waals surface area contributed by atoms with Crippen LogP contribution in [0.4, 0.5) is 19.3 Å². The van der Waals surface area contributed by atoms with E-state index in [1.54, 1.807) is 24.3 Å². The molecular formula is C28H35F2N5O5. The molecule has 10 nitrogen and oxygen atoms in total. The maximum Gasteiger partial charge on any atom is 0.319 e. The number of nitrogens with two attached hydrogens (primary N) is 1. The fourth-order valence-electron chi connectivity index (χ4n) is 4.44. The van der Waals surface area contributed by atoms with E-state index in [1.165, 1.54) is 12.0 Å². The number of primary amides is 1. The predicted octanol–water partition coefficient (Wildman–Crippen LogP) is 2.71. The summed E-state index contributed by atoms with van der Waals surface area (Å²) >= 11 is 0. The van der Waals surface area contributed by atoms with E-state index in [1.807, 2.05) is 20.8 Å². The first-order valence-corrected chi connectivity index (χ1v) is 12.8. The molecular weight excluding hydrogens is 524 g/mol. The van der Waals surface area contributed by atoms with Crippen molar-refractivity contribution in [1.82, 2.24) is 15.5 Å². The highest BCUT2D eigenvalue weighted by Gasteiger charge is 2.41. The van der Waals surface area contributed by atoms with Crippen molar-refractivity contribution in [2.24, 2.45) is 11.1 Å². The zero-order valence-electron chi connectivity index (χ0n) is 22.9. The van der Waals surface area contributed by atoms with Gasteiger partial charge in [0.05, 0.1) is 18.8 Å². The second-order valence-electron chi connectivity index (χ2n) is 11.0. The number of ether oxygens (including phenoxy) is 1. The Labute approximate surface area is 231 Å². The Morgan fingerprint density at radius 3 is 2.35 bits per heavy atom. The molecule has 216 valence electrons. The lowest BCUT2D eigenvalue weighted by Gasteiger charge is -2.28. The summed E-state index contributed by atoms with van der Waals surface area (Å²) < 4.78 is 32.3. The number of likely N-dealkylation sites (tertiary alicyclic amines) is 1. The van der Waals surface area contributed by atoms with Crippen LogP contribution in [0.3, 0.4) is 0 Å². The Morgan fingerprint density at radius 2 is 1.77 bits per heavy atom. The van der Waals surface area contributed by atoms with Crippen molar-refractivity contribution in [1.29, 1.82) is 0 Å². The van der Waals surface area contributed by atoms with Crippen LogP contribution >= 0.6 is 0 Å². The maximum atomic E-state index is 14.0. The van der Waals surface area contributed by atoms with E-state index in [9.17, 15) is 28.0 Å². The number of nitrogens with zero attached hydrogens (tertiary/aromatic N) is 1. The molecule has 0 spiro atoms. The largest absolute Gasteiger partial charge is 0.497 e. The minimum absolute atomic E-state index is 0.0199. The molecule has 0 radical (unpaired) electrons. The topological polar surface area (TPSA) is 143 Å². The number of urea groups is 1. The molecule has 3 unspecified atom stereocenters. The van der Waals surface area contributed by atoms with E-state index < -0.39 is 47.6 Å². The van der Waals surface area contributed by atoms with Crippen molar-refractivity contribution in [3.8, 4) is 5.75 Å². The number of halogens is 2. The van der Waals surface area contributed by atoms with Crippen molar-refractivity contribution in [3.05, 3.63) is 59.7 Å². The van der Waals surface area contributed by atoms with Gasteiger partial charge in [-0.05, 0) is 41.7 Å². The fraction of sp³-hybridized carbons (Fsp3) is 0.429. The lowest BCUT2D eigenvalue weighted by Crippen LogP contribution is -2.53. The van der Waals surface area contributed by atoms with Gasteiger partial charge in [-0.15, -0.1) is 0 Å². The number of nitrogens with one attached hydrogen (secondary N) is 3. The van der Waals surface area contributed by atoms with Gasteiger partial charge in [0.15, 0.2) is 0 Å². The van der Waals surface area contributed by atoms with Gasteiger partial charge in [-0.3, -0.25) is 14.4 Å². The molecule has 5 amide bonds. The summed E-state index contributed by atoms with van der Waals surface area (Å²) in [6.45, 7) is 5.67. The summed E-state index contributed by atoms with van der Waals surface area (Å²) in [5.74, 6) is -2.74. The molecule has 40 heavy (non-hydrogen) atoms. The van der Waals surface area contributed by atoms with Crippen molar-refractivity contribution in [2.45, 2.75) is 58.2 Å². The molecule has 2 aromatic rings. The lowest BCUT2D eigenvalue weighted by atomic mass is 9.91. The van der Waals surface area contributed by atoms with Gasteiger partial charge in [-0.25, -0.2) is 13.6 Å². The Bertz CT molecular complexity index is 1250. The summed E-state index contributed by atoms with van der Waals surface area (Å²) in [5.41, 5.74) is 5.72. The summed E-state index contributed by atoms with van der Waals surface area (Å²) in [6, 6.07) is 6.19. The normalized spacial score (nSPS) is 17.6. The van der Waals surface area contributed by atoms with Crippen LogP contribution in [-0.2, 0) is 20.8 Å². The highest BCUT2D eigenvalue weighted by atomic mass is 19.1. The van der Waals surface area contributed by atoms with Crippen molar-refractivity contribution in [2.75, 3.05) is 19.0 Å². The van der Waals surface area contributed by atoms with Crippen molar-refractivity contribution in [3.63, 3.8) is 0 Å². The third-order valence-electron chi connectivity index (χ3n) is 6.38. The molecule has 0 saturated carbocycles. The summed E-state index contributed by atoms with van der Waals surface area (Å²) in [5, 5.41) is 7.61. The van der Waals surface area contributed by atoms with Crippen LogP contribution in [0.1, 0.15) is 39.2 Å². The van der Waals surface area contributed by atoms with E-state index in [4.69, 9.17) is 10.5 Å². The molecule has 3 atom stereocenters. The second kappa shape index (κ2) is 12.8. The van der Waals surface area contributed by atoms with Gasteiger partial charge < -0.3 is 31.3 Å². The second-order valence-corrected chi connectivity index (χ2v) is 11.0. The number of carbonyl (C=O) groups is 4. The van der Waals surface area contributed by atoms with Gasteiger partial charge in [-0.2, -0.15) is 0 Å². The summed E-state index contributed by atoms with van der Waals surface area (Å²) in [7, 11) is 1.53. The highest BCUT2D eigenvalue weighted by Crippen LogP contribution is 2.26. The van der Waals surface area contributed by atoms with Gasteiger partial charge >= 0.3 is 6.03 Å². The standard InChI is InChI=1S/C28H35F2N5O5/c1-28(2,3)14-24(36)35-15-18(32-27(39)34-21-10-7-17(29)12-20(21)30)13-23(35)26(38)33-22(25(31)37)11-16-5-8-19(40-4)9-6-16/h5-10,12,18,22-23H,11,13-15H2,1-4H3,(H2,31,37)(H,33,38)(H2,32,34,39). The molecule has 12 heteroatoms. The number of benzene rings is 2. The number of hydrogen-bond donors (Lipinski definition) is 4. The van der Waals surface area contributed by atoms with E-state index in [2.05, 4.69) is 16.0 Å². The molecule has 1 aliphatic rings. The maximum absolute atomic E-state index is 14.0. The first-order chi connectivity index (χ1) is 18.8. The van der Waals surface area contributed by atoms with Crippen molar-refractivity contribution < 1.29 is 32.7 Å². The first-order valence-electron chi connectivity index (χ1n) is 12.8. The molecule has 1 saturated heterocycles. The zero-order chi connectivity index (χ0) is 29.6. The molecule has 2 aromatic carbocycles. The average Bonchev–Trinajstić information content (AvgIpc) is 3.28. The molecule has 1 aliphatic heterocycles. The Balaban J connectivity index is 1.73. The van der Waals surface area contributed by atoms with Crippen LogP contribution in [0, 0.1) is 17.0 Å². The SMILES string of the molecule is COc1ccc(CC(NC(=O)C2CC(NC(=O)Nc3ccc(F)cc3F)CN2C(=O)CC(C)(C)C)C(N)=O)cc1. The quantitative estimate of drug-likeness (QED) is 0.374. The Hall–Kier alpha value is -4.22. The van der Waals surface area contributed by atoms with Crippen LogP contribution < -0.4 is 26.4 Å². The number of rotatable bonds is 9. The third-order valence-corrected chi connectivity index (χ3v) is 6.38. The van der Waals surface area contributed by atoms with Gasteiger partial charge in [0, 0.05) is 25.5 Å². The number of amides is 5. The average molecular weight is 560 g/mol. The zero-order valence-corrected chi connectivity index (χ0v) is 22.9. The molecule has 5 N–H and O–H groups in total.